The van der Waals surface area contributed by atoms with E-state index >= 15 is 0 Å². The second-order valence-electron chi connectivity index (χ2n) is 4.96. The number of aliphatic imine (C=N–C) groups is 1. The van der Waals surface area contributed by atoms with Gasteiger partial charge in [-0.25, -0.2) is 4.98 Å². The highest BCUT2D eigenvalue weighted by molar-refractivity contribution is 14.0. The fraction of sp³-hybridized carbons (Fsp3) is 0.375. The molecule has 1 N–H and O–H groups in total. The van der Waals surface area contributed by atoms with Crippen molar-refractivity contribution in [1.29, 1.82) is 0 Å². The van der Waals surface area contributed by atoms with Gasteiger partial charge in [-0.05, 0) is 30.9 Å². The lowest BCUT2D eigenvalue weighted by Gasteiger charge is -2.21. The maximum absolute atomic E-state index is 4.50. The quantitative estimate of drug-likeness (QED) is 0.316. The molecule has 2 aromatic rings. The number of halogens is 1. The van der Waals surface area contributed by atoms with Gasteiger partial charge in [0.1, 0.15) is 0 Å². The van der Waals surface area contributed by atoms with Gasteiger partial charge in [0, 0.05) is 30.9 Å². The first-order valence-electron chi connectivity index (χ1n) is 7.08. The topological polar surface area (TPSA) is 40.5 Å². The average molecular weight is 462 g/mol. The van der Waals surface area contributed by atoms with E-state index in [1.54, 1.807) is 23.1 Å². The van der Waals surface area contributed by atoms with Crippen molar-refractivity contribution in [3.63, 3.8) is 0 Å². The molecule has 0 atom stereocenters. The van der Waals surface area contributed by atoms with Crippen molar-refractivity contribution in [2.45, 2.75) is 24.9 Å². The molecule has 0 radical (unpaired) electrons. The van der Waals surface area contributed by atoms with E-state index in [0.29, 0.717) is 0 Å². The van der Waals surface area contributed by atoms with Crippen LogP contribution < -0.4 is 5.32 Å². The van der Waals surface area contributed by atoms with Crippen molar-refractivity contribution in [3.05, 3.63) is 45.9 Å². The van der Waals surface area contributed by atoms with Crippen LogP contribution in [0.2, 0.25) is 0 Å². The third kappa shape index (κ3) is 6.31. The van der Waals surface area contributed by atoms with Crippen molar-refractivity contribution < 1.29 is 0 Å². The monoisotopic (exact) mass is 462 g/mol. The summed E-state index contributed by atoms with van der Waals surface area (Å²) < 4.78 is 0. The normalized spacial score (nSPS) is 11.0. The number of benzene rings is 1. The third-order valence-corrected chi connectivity index (χ3v) is 4.81. The predicted octanol–water partition coefficient (Wildman–Crippen LogP) is 4.00. The number of guanidine groups is 1. The van der Waals surface area contributed by atoms with Gasteiger partial charge in [0.15, 0.2) is 5.96 Å². The van der Waals surface area contributed by atoms with Crippen LogP contribution in [0.15, 0.2) is 39.5 Å². The minimum absolute atomic E-state index is 0. The van der Waals surface area contributed by atoms with Crippen LogP contribution in [0.5, 0.6) is 0 Å². The van der Waals surface area contributed by atoms with Crippen LogP contribution in [0.25, 0.3) is 0 Å². The first-order chi connectivity index (χ1) is 10.6. The number of hydrogen-bond acceptors (Lipinski definition) is 4. The smallest absolute Gasteiger partial charge is 0.194 e. The first-order valence-corrected chi connectivity index (χ1v) is 9.18. The van der Waals surface area contributed by atoms with Gasteiger partial charge in [-0.1, -0.05) is 12.1 Å². The maximum Gasteiger partial charge on any atom is 0.194 e. The van der Waals surface area contributed by atoms with Crippen molar-refractivity contribution in [2.24, 2.45) is 4.99 Å². The lowest BCUT2D eigenvalue weighted by atomic mass is 10.2. The summed E-state index contributed by atoms with van der Waals surface area (Å²) in [6, 6.07) is 8.59. The molecule has 4 nitrogen and oxygen atoms in total. The average Bonchev–Trinajstić information content (AvgIpc) is 2.93. The van der Waals surface area contributed by atoms with Crippen LogP contribution >= 0.6 is 47.1 Å². The molecule has 0 amide bonds. The summed E-state index contributed by atoms with van der Waals surface area (Å²) in [5, 5.41) is 6.59. The molecule has 1 aromatic carbocycles. The van der Waals surface area contributed by atoms with Gasteiger partial charge in [0.25, 0.3) is 0 Å². The molecular weight excluding hydrogens is 439 g/mol. The molecule has 0 unspecified atom stereocenters. The van der Waals surface area contributed by atoms with Crippen LogP contribution in [-0.4, -0.2) is 36.2 Å². The molecule has 7 heteroatoms. The molecule has 0 bridgehead atoms. The molecule has 0 aliphatic rings. The summed E-state index contributed by atoms with van der Waals surface area (Å²) in [5.74, 6) is 0.875. The minimum atomic E-state index is 0. The van der Waals surface area contributed by atoms with E-state index in [0.717, 1.165) is 29.8 Å². The molecule has 0 aliphatic heterocycles. The van der Waals surface area contributed by atoms with E-state index < -0.39 is 0 Å². The van der Waals surface area contributed by atoms with Gasteiger partial charge in [-0.3, -0.25) is 4.99 Å². The Labute approximate surface area is 163 Å². The molecule has 0 spiro atoms. The Morgan fingerprint density at radius 2 is 2.04 bits per heavy atom. The Hall–Kier alpha value is -0.800. The van der Waals surface area contributed by atoms with E-state index in [1.807, 2.05) is 21.0 Å². The number of hydrogen-bond donors (Lipinski definition) is 1. The molecular formula is C16H23IN4S2. The van der Waals surface area contributed by atoms with Gasteiger partial charge in [0.05, 0.1) is 17.2 Å². The summed E-state index contributed by atoms with van der Waals surface area (Å²) in [7, 11) is 3.84. The molecule has 1 aromatic heterocycles. The number of thiazole rings is 1. The maximum atomic E-state index is 4.50. The predicted molar refractivity (Wildman–Crippen MR) is 112 cm³/mol. The zero-order valence-corrected chi connectivity index (χ0v) is 17.8. The fourth-order valence-corrected chi connectivity index (χ4v) is 3.12. The number of thioether (sulfide) groups is 1. The highest BCUT2D eigenvalue weighted by Crippen LogP contribution is 2.15. The number of nitrogens with zero attached hydrogens (tertiary/aromatic N) is 3. The molecule has 126 valence electrons. The number of aromatic nitrogens is 1. The van der Waals surface area contributed by atoms with Crippen molar-refractivity contribution in [1.82, 2.24) is 15.2 Å². The molecule has 0 aliphatic carbocycles. The highest BCUT2D eigenvalue weighted by Gasteiger charge is 2.08. The second kappa shape index (κ2) is 10.1. The fourth-order valence-electron chi connectivity index (χ4n) is 2.11. The summed E-state index contributed by atoms with van der Waals surface area (Å²) in [6.45, 7) is 3.55. The second-order valence-corrected chi connectivity index (χ2v) is 6.90. The summed E-state index contributed by atoms with van der Waals surface area (Å²) in [6.07, 6.45) is 2.09. The Morgan fingerprint density at radius 3 is 2.57 bits per heavy atom. The lowest BCUT2D eigenvalue weighted by molar-refractivity contribution is 0.470. The van der Waals surface area contributed by atoms with E-state index in [-0.39, 0.29) is 24.0 Å². The number of aryl methyl sites for hydroxylation is 1. The third-order valence-electron chi connectivity index (χ3n) is 3.25. The first kappa shape index (κ1) is 20.2. The van der Waals surface area contributed by atoms with Gasteiger partial charge >= 0.3 is 0 Å². The number of rotatable bonds is 5. The van der Waals surface area contributed by atoms with Crippen LogP contribution in [0.1, 0.15) is 16.3 Å². The molecule has 23 heavy (non-hydrogen) atoms. The Morgan fingerprint density at radius 1 is 1.35 bits per heavy atom. The molecule has 0 saturated heterocycles. The zero-order chi connectivity index (χ0) is 15.9. The molecule has 0 fully saturated rings. The SMILES string of the molecule is CN=C(NCc1ccc(SC)cc1)N(C)Cc1csc(C)n1.I. The molecule has 1 heterocycles. The van der Waals surface area contributed by atoms with Crippen molar-refractivity contribution in [2.75, 3.05) is 20.4 Å². The van der Waals surface area contributed by atoms with E-state index in [4.69, 9.17) is 0 Å². The van der Waals surface area contributed by atoms with Gasteiger partial charge in [0.2, 0.25) is 0 Å². The Balaban J connectivity index is 0.00000264. The van der Waals surface area contributed by atoms with Gasteiger partial charge < -0.3 is 10.2 Å². The molecule has 0 saturated carbocycles. The summed E-state index contributed by atoms with van der Waals surface area (Å²) in [4.78, 5) is 12.2. The van der Waals surface area contributed by atoms with Crippen LogP contribution in [0.3, 0.4) is 0 Å². The molecule has 2 rings (SSSR count). The summed E-state index contributed by atoms with van der Waals surface area (Å²) in [5.41, 5.74) is 2.33. The van der Waals surface area contributed by atoms with Crippen molar-refractivity contribution >= 4 is 53.0 Å². The number of nitrogens with one attached hydrogen (secondary N) is 1. The van der Waals surface area contributed by atoms with Crippen LogP contribution in [-0.2, 0) is 13.1 Å². The Kier molecular flexibility index (Phi) is 8.93. The van der Waals surface area contributed by atoms with Gasteiger partial charge in [-0.15, -0.1) is 47.1 Å². The minimum Gasteiger partial charge on any atom is -0.352 e. The standard InChI is InChI=1S/C16H22N4S2.HI/c1-12-19-14(11-22-12)10-20(3)16(17-2)18-9-13-5-7-15(21-4)8-6-13;/h5-8,11H,9-10H2,1-4H3,(H,17,18);1H. The van der Waals surface area contributed by atoms with Crippen LogP contribution in [0, 0.1) is 6.92 Å². The lowest BCUT2D eigenvalue weighted by Crippen LogP contribution is -2.38. The van der Waals surface area contributed by atoms with E-state index in [9.17, 15) is 0 Å². The Bertz CT molecular complexity index is 625. The zero-order valence-electron chi connectivity index (χ0n) is 13.9. The van der Waals surface area contributed by atoms with E-state index in [2.05, 4.69) is 56.1 Å². The van der Waals surface area contributed by atoms with Crippen molar-refractivity contribution in [3.8, 4) is 0 Å². The van der Waals surface area contributed by atoms with E-state index in [1.165, 1.54) is 10.5 Å². The largest absolute Gasteiger partial charge is 0.352 e. The van der Waals surface area contributed by atoms with Gasteiger partial charge in [-0.2, -0.15) is 0 Å². The summed E-state index contributed by atoms with van der Waals surface area (Å²) >= 11 is 3.44. The highest BCUT2D eigenvalue weighted by atomic mass is 127. The van der Waals surface area contributed by atoms with Crippen LogP contribution in [0.4, 0.5) is 0 Å².